The van der Waals surface area contributed by atoms with Gasteiger partial charge in [-0.15, -0.1) is 0 Å². The molecule has 2 heterocycles. The number of aromatic nitrogens is 1. The van der Waals surface area contributed by atoms with Crippen LogP contribution in [0.25, 0.3) is 10.8 Å². The van der Waals surface area contributed by atoms with Crippen LogP contribution in [0.4, 0.5) is 0 Å². The number of nitrogens with zero attached hydrogens (tertiary/aromatic N) is 3. The Morgan fingerprint density at radius 1 is 0.870 bits per heavy atom. The predicted octanol–water partition coefficient (Wildman–Crippen LogP) is 2.86. The number of carbonyl (C=O) groups is 2. The molecule has 23 heavy (non-hydrogen) atoms. The van der Waals surface area contributed by atoms with Crippen molar-refractivity contribution in [3.63, 3.8) is 0 Å². The monoisotopic (exact) mass is 301 g/mol. The second-order valence-corrected chi connectivity index (χ2v) is 5.16. The minimum Gasteiger partial charge on any atom is -0.267 e. The van der Waals surface area contributed by atoms with Crippen LogP contribution in [0.2, 0.25) is 0 Å². The molecule has 0 unspecified atom stereocenters. The number of benzene rings is 2. The van der Waals surface area contributed by atoms with Crippen molar-refractivity contribution >= 4 is 28.8 Å². The van der Waals surface area contributed by atoms with Gasteiger partial charge in [-0.3, -0.25) is 14.6 Å². The number of hydrogen-bond acceptors (Lipinski definition) is 4. The van der Waals surface area contributed by atoms with Crippen molar-refractivity contribution in [1.82, 2.24) is 9.99 Å². The van der Waals surface area contributed by atoms with E-state index in [0.29, 0.717) is 16.5 Å². The zero-order valence-electron chi connectivity index (χ0n) is 12.0. The third kappa shape index (κ3) is 2.10. The summed E-state index contributed by atoms with van der Waals surface area (Å²) in [4.78, 5) is 29.1. The summed E-state index contributed by atoms with van der Waals surface area (Å²) in [5, 5.41) is 6.57. The van der Waals surface area contributed by atoms with Gasteiger partial charge in [0.05, 0.1) is 17.3 Å². The number of pyridine rings is 1. The maximum Gasteiger partial charge on any atom is 0.282 e. The topological polar surface area (TPSA) is 62.6 Å². The zero-order chi connectivity index (χ0) is 15.8. The van der Waals surface area contributed by atoms with Crippen molar-refractivity contribution in [2.45, 2.75) is 0 Å². The third-order valence-electron chi connectivity index (χ3n) is 3.78. The summed E-state index contributed by atoms with van der Waals surface area (Å²) in [5.41, 5.74) is 1.74. The molecule has 1 aliphatic rings. The average Bonchev–Trinajstić information content (AvgIpc) is 2.60. The molecule has 5 nitrogen and oxygen atoms in total. The molecule has 0 fully saturated rings. The molecule has 0 bridgehead atoms. The molecule has 2 amide bonds. The molecule has 3 aromatic rings. The van der Waals surface area contributed by atoms with Gasteiger partial charge in [0.1, 0.15) is 0 Å². The lowest BCUT2D eigenvalue weighted by molar-refractivity contribution is 0.0616. The van der Waals surface area contributed by atoms with E-state index in [1.807, 2.05) is 12.1 Å². The van der Waals surface area contributed by atoms with Gasteiger partial charge in [-0.2, -0.15) is 10.1 Å². The quantitative estimate of drug-likeness (QED) is 0.540. The minimum atomic E-state index is -0.412. The van der Waals surface area contributed by atoms with Crippen molar-refractivity contribution in [2.24, 2.45) is 5.10 Å². The van der Waals surface area contributed by atoms with E-state index in [0.717, 1.165) is 16.0 Å². The van der Waals surface area contributed by atoms with Gasteiger partial charge < -0.3 is 0 Å². The summed E-state index contributed by atoms with van der Waals surface area (Å²) >= 11 is 0. The Balaban J connectivity index is 1.82. The fourth-order valence-corrected chi connectivity index (χ4v) is 2.70. The van der Waals surface area contributed by atoms with Crippen LogP contribution in [0.1, 0.15) is 26.3 Å². The molecule has 0 aliphatic carbocycles. The van der Waals surface area contributed by atoms with Crippen molar-refractivity contribution in [3.05, 3.63) is 77.6 Å². The molecule has 0 radical (unpaired) electrons. The van der Waals surface area contributed by atoms with E-state index in [2.05, 4.69) is 10.1 Å². The normalized spacial score (nSPS) is 14.0. The number of amides is 2. The lowest BCUT2D eigenvalue weighted by Crippen LogP contribution is -2.36. The predicted molar refractivity (Wildman–Crippen MR) is 86.3 cm³/mol. The minimum absolute atomic E-state index is 0.412. The van der Waals surface area contributed by atoms with Crippen molar-refractivity contribution in [1.29, 1.82) is 0 Å². The smallest absolute Gasteiger partial charge is 0.267 e. The summed E-state index contributed by atoms with van der Waals surface area (Å²) in [5.74, 6) is -0.825. The first-order valence-corrected chi connectivity index (χ1v) is 7.10. The molecular formula is C18H11N3O2. The molecule has 4 rings (SSSR count). The van der Waals surface area contributed by atoms with Gasteiger partial charge >= 0.3 is 0 Å². The highest BCUT2D eigenvalue weighted by Crippen LogP contribution is 2.29. The Morgan fingerprint density at radius 3 is 2.09 bits per heavy atom. The molecule has 1 aromatic heterocycles. The first kappa shape index (κ1) is 13.3. The van der Waals surface area contributed by atoms with Gasteiger partial charge in [-0.25, -0.2) is 0 Å². The van der Waals surface area contributed by atoms with Crippen LogP contribution in [0, 0.1) is 0 Å². The van der Waals surface area contributed by atoms with Gasteiger partial charge in [-0.05, 0) is 35.2 Å². The van der Waals surface area contributed by atoms with Crippen LogP contribution < -0.4 is 0 Å². The van der Waals surface area contributed by atoms with Gasteiger partial charge in [0.2, 0.25) is 0 Å². The van der Waals surface area contributed by atoms with Gasteiger partial charge in [-0.1, -0.05) is 24.3 Å². The Kier molecular flexibility index (Phi) is 2.98. The van der Waals surface area contributed by atoms with Crippen LogP contribution in [0.3, 0.4) is 0 Å². The molecule has 110 valence electrons. The highest BCUT2D eigenvalue weighted by Gasteiger charge is 2.32. The number of carbonyl (C=O) groups excluding carboxylic acids is 2. The van der Waals surface area contributed by atoms with Gasteiger partial charge in [0.25, 0.3) is 11.8 Å². The highest BCUT2D eigenvalue weighted by molar-refractivity contribution is 6.25. The largest absolute Gasteiger partial charge is 0.282 e. The summed E-state index contributed by atoms with van der Waals surface area (Å²) < 4.78 is 0. The van der Waals surface area contributed by atoms with E-state index in [-0.39, 0.29) is 0 Å². The first-order chi connectivity index (χ1) is 11.3. The van der Waals surface area contributed by atoms with Gasteiger partial charge in [0, 0.05) is 17.8 Å². The van der Waals surface area contributed by atoms with Crippen LogP contribution in [0.15, 0.2) is 66.0 Å². The summed E-state index contributed by atoms with van der Waals surface area (Å²) in [6.07, 6.45) is 4.72. The molecule has 0 saturated heterocycles. The Bertz CT molecular complexity index is 914. The lowest BCUT2D eigenvalue weighted by Gasteiger charge is -2.22. The fourth-order valence-electron chi connectivity index (χ4n) is 2.70. The van der Waals surface area contributed by atoms with Gasteiger partial charge in [0.15, 0.2) is 0 Å². The molecule has 0 saturated carbocycles. The Labute approximate surface area is 131 Å². The second-order valence-electron chi connectivity index (χ2n) is 5.16. The van der Waals surface area contributed by atoms with Crippen molar-refractivity contribution in [3.8, 4) is 0 Å². The van der Waals surface area contributed by atoms with E-state index in [1.54, 1.807) is 48.8 Å². The van der Waals surface area contributed by atoms with Crippen molar-refractivity contribution in [2.75, 3.05) is 0 Å². The van der Waals surface area contributed by atoms with Crippen LogP contribution in [-0.4, -0.2) is 28.0 Å². The zero-order valence-corrected chi connectivity index (χ0v) is 12.0. The van der Waals surface area contributed by atoms with E-state index >= 15 is 0 Å². The summed E-state index contributed by atoms with van der Waals surface area (Å²) in [6, 6.07) is 14.3. The third-order valence-corrected chi connectivity index (χ3v) is 3.78. The average molecular weight is 301 g/mol. The SMILES string of the molecule is O=C1c2cccc3cccc(c23)C(=O)N1/N=C/c1ccncc1. The van der Waals surface area contributed by atoms with E-state index in [9.17, 15) is 9.59 Å². The maximum absolute atomic E-state index is 12.6. The Morgan fingerprint density at radius 2 is 1.48 bits per heavy atom. The number of rotatable bonds is 2. The summed E-state index contributed by atoms with van der Waals surface area (Å²) in [7, 11) is 0. The number of hydrazone groups is 1. The lowest BCUT2D eigenvalue weighted by atomic mass is 9.95. The number of imide groups is 1. The molecular weight excluding hydrogens is 290 g/mol. The molecule has 0 spiro atoms. The first-order valence-electron chi connectivity index (χ1n) is 7.10. The van der Waals surface area contributed by atoms with Crippen LogP contribution in [0.5, 0.6) is 0 Å². The van der Waals surface area contributed by atoms with E-state index in [1.165, 1.54) is 6.21 Å². The molecule has 2 aromatic carbocycles. The molecule has 0 N–H and O–H groups in total. The molecule has 1 aliphatic heterocycles. The number of hydrogen-bond donors (Lipinski definition) is 0. The van der Waals surface area contributed by atoms with Crippen LogP contribution in [-0.2, 0) is 0 Å². The Hall–Kier alpha value is -3.34. The molecule has 5 heteroatoms. The highest BCUT2D eigenvalue weighted by atomic mass is 16.2. The summed E-state index contributed by atoms with van der Waals surface area (Å²) in [6.45, 7) is 0. The maximum atomic E-state index is 12.6. The molecule has 0 atom stereocenters. The van der Waals surface area contributed by atoms with E-state index in [4.69, 9.17) is 0 Å². The fraction of sp³-hybridized carbons (Fsp3) is 0. The van der Waals surface area contributed by atoms with E-state index < -0.39 is 11.8 Å². The van der Waals surface area contributed by atoms with Crippen molar-refractivity contribution < 1.29 is 9.59 Å². The standard InChI is InChI=1S/C18H11N3O2/c22-17-14-5-1-3-13-4-2-6-15(16(13)14)18(23)21(17)20-11-12-7-9-19-10-8-12/h1-11H/b20-11+. The second kappa shape index (κ2) is 5.14. The van der Waals surface area contributed by atoms with Crippen LogP contribution >= 0.6 is 0 Å².